The number of rotatable bonds is 5. The van der Waals surface area contributed by atoms with Crippen molar-refractivity contribution in [3.63, 3.8) is 0 Å². The minimum absolute atomic E-state index is 0.355. The summed E-state index contributed by atoms with van der Waals surface area (Å²) in [5.41, 5.74) is 13.2. The molecule has 1 fully saturated rings. The molecule has 6 nitrogen and oxygen atoms in total. The number of hydrogen-bond acceptors (Lipinski definition) is 5. The number of primary amides is 2. The number of amides is 3. The summed E-state index contributed by atoms with van der Waals surface area (Å²) in [6.07, 6.45) is 2.64. The molecule has 1 aromatic carbocycles. The fourth-order valence-corrected chi connectivity index (χ4v) is 4.62. The molecule has 1 aliphatic heterocycles. The van der Waals surface area contributed by atoms with Gasteiger partial charge in [0.25, 0.3) is 0 Å². The van der Waals surface area contributed by atoms with Crippen molar-refractivity contribution < 1.29 is 9.59 Å². The van der Waals surface area contributed by atoms with E-state index in [4.69, 9.17) is 11.5 Å². The number of thiophene rings is 2. The Kier molecular flexibility index (Phi) is 7.40. The third-order valence-corrected chi connectivity index (χ3v) is 6.23. The quantitative estimate of drug-likeness (QED) is 0.563. The van der Waals surface area contributed by atoms with Crippen LogP contribution in [0.4, 0.5) is 9.80 Å². The van der Waals surface area contributed by atoms with Crippen LogP contribution in [0.1, 0.15) is 28.8 Å². The highest BCUT2D eigenvalue weighted by Gasteiger charge is 2.11. The Morgan fingerprint density at radius 1 is 1.00 bits per heavy atom. The molecule has 0 saturated carbocycles. The Hall–Kier alpha value is -2.68. The van der Waals surface area contributed by atoms with Gasteiger partial charge >= 0.3 is 6.03 Å². The standard InChI is InChI=1S/C16H19N3OS.C5H5NOS/c17-16(20)18-15-8-7-14(21-15)13-5-3-12(4-6-13)11-19-9-1-2-10-19;6-5(7)4-1-2-8-3-4/h3-8H,1-2,9-11H2,(H3,17,18,20);1-3H,(H2,6,7). The Balaban J connectivity index is 0.000000252. The van der Waals surface area contributed by atoms with Crippen molar-refractivity contribution >= 4 is 39.6 Å². The lowest BCUT2D eigenvalue weighted by Crippen LogP contribution is -2.18. The lowest BCUT2D eigenvalue weighted by Gasteiger charge is -2.14. The number of nitrogens with zero attached hydrogens (tertiary/aromatic N) is 1. The van der Waals surface area contributed by atoms with E-state index in [1.807, 2.05) is 17.5 Å². The molecule has 29 heavy (non-hydrogen) atoms. The Labute approximate surface area is 178 Å². The van der Waals surface area contributed by atoms with Crippen LogP contribution in [-0.4, -0.2) is 29.9 Å². The van der Waals surface area contributed by atoms with Gasteiger partial charge in [0.05, 0.1) is 5.00 Å². The number of anilines is 1. The van der Waals surface area contributed by atoms with E-state index in [-0.39, 0.29) is 5.91 Å². The Morgan fingerprint density at radius 3 is 2.28 bits per heavy atom. The maximum Gasteiger partial charge on any atom is 0.317 e. The predicted molar refractivity (Wildman–Crippen MR) is 120 cm³/mol. The SMILES string of the molecule is NC(=O)Nc1ccc(-c2ccc(CN3CCCC3)cc2)s1.NC(=O)c1ccsc1. The van der Waals surface area contributed by atoms with Crippen molar-refractivity contribution in [2.75, 3.05) is 18.4 Å². The van der Waals surface area contributed by atoms with E-state index in [1.54, 1.807) is 11.4 Å². The topological polar surface area (TPSA) is 101 Å². The van der Waals surface area contributed by atoms with Gasteiger partial charge in [-0.15, -0.1) is 11.3 Å². The number of nitrogens with two attached hydrogens (primary N) is 2. The zero-order valence-corrected chi connectivity index (χ0v) is 17.6. The van der Waals surface area contributed by atoms with Crippen molar-refractivity contribution in [1.82, 2.24) is 4.90 Å². The number of benzene rings is 1. The van der Waals surface area contributed by atoms with Crippen LogP contribution in [0.2, 0.25) is 0 Å². The van der Waals surface area contributed by atoms with E-state index >= 15 is 0 Å². The minimum Gasteiger partial charge on any atom is -0.366 e. The van der Waals surface area contributed by atoms with Gasteiger partial charge in [-0.1, -0.05) is 24.3 Å². The molecular formula is C21H24N4O2S2. The number of hydrogen-bond donors (Lipinski definition) is 3. The maximum absolute atomic E-state index is 10.8. The normalized spacial score (nSPS) is 13.5. The molecule has 0 aliphatic carbocycles. The van der Waals surface area contributed by atoms with E-state index in [2.05, 4.69) is 34.5 Å². The summed E-state index contributed by atoms with van der Waals surface area (Å²) in [4.78, 5) is 24.8. The molecule has 4 rings (SSSR count). The van der Waals surface area contributed by atoms with Crippen LogP contribution in [0.3, 0.4) is 0 Å². The van der Waals surface area contributed by atoms with Crippen molar-refractivity contribution in [3.05, 3.63) is 64.4 Å². The number of urea groups is 1. The first-order valence-electron chi connectivity index (χ1n) is 9.31. The molecule has 5 N–H and O–H groups in total. The largest absolute Gasteiger partial charge is 0.366 e. The maximum atomic E-state index is 10.8. The fourth-order valence-electron chi connectivity index (χ4n) is 3.06. The number of carbonyl (C=O) groups excluding carboxylic acids is 2. The number of likely N-dealkylation sites (tertiary alicyclic amines) is 1. The first-order valence-corrected chi connectivity index (χ1v) is 11.1. The monoisotopic (exact) mass is 428 g/mol. The highest BCUT2D eigenvalue weighted by Crippen LogP contribution is 2.31. The number of carbonyl (C=O) groups is 2. The Morgan fingerprint density at radius 2 is 1.72 bits per heavy atom. The van der Waals surface area contributed by atoms with Gasteiger partial charge < -0.3 is 11.5 Å². The molecule has 0 spiro atoms. The van der Waals surface area contributed by atoms with E-state index < -0.39 is 6.03 Å². The summed E-state index contributed by atoms with van der Waals surface area (Å²) in [6.45, 7) is 3.48. The molecule has 2 aromatic heterocycles. The van der Waals surface area contributed by atoms with Crippen molar-refractivity contribution in [3.8, 4) is 10.4 Å². The molecule has 0 radical (unpaired) electrons. The molecule has 1 saturated heterocycles. The summed E-state index contributed by atoms with van der Waals surface area (Å²) < 4.78 is 0. The van der Waals surface area contributed by atoms with E-state index in [0.717, 1.165) is 16.4 Å². The zero-order chi connectivity index (χ0) is 20.6. The average Bonchev–Trinajstić information content (AvgIpc) is 3.45. The third-order valence-electron chi connectivity index (χ3n) is 4.50. The summed E-state index contributed by atoms with van der Waals surface area (Å²) in [5, 5.41) is 6.93. The van der Waals surface area contributed by atoms with Gasteiger partial charge in [0.1, 0.15) is 0 Å². The fraction of sp³-hybridized carbons (Fsp3) is 0.238. The van der Waals surface area contributed by atoms with Gasteiger partial charge in [-0.05, 0) is 60.6 Å². The van der Waals surface area contributed by atoms with Crippen LogP contribution >= 0.6 is 22.7 Å². The second-order valence-corrected chi connectivity index (χ2v) is 8.57. The Bertz CT molecular complexity index is 930. The van der Waals surface area contributed by atoms with E-state index in [9.17, 15) is 9.59 Å². The molecule has 152 valence electrons. The molecule has 8 heteroatoms. The molecule has 1 aliphatic rings. The zero-order valence-electron chi connectivity index (χ0n) is 16.0. The number of nitrogens with one attached hydrogen (secondary N) is 1. The minimum atomic E-state index is -0.524. The summed E-state index contributed by atoms with van der Waals surface area (Å²) in [6, 6.07) is 13.7. The molecule has 0 atom stereocenters. The molecule has 3 heterocycles. The van der Waals surface area contributed by atoms with Gasteiger partial charge in [0.2, 0.25) is 5.91 Å². The first-order chi connectivity index (χ1) is 14.0. The molecule has 0 unspecified atom stereocenters. The predicted octanol–water partition coefficient (Wildman–Crippen LogP) is 4.35. The van der Waals surface area contributed by atoms with Crippen molar-refractivity contribution in [1.29, 1.82) is 0 Å². The third kappa shape index (κ3) is 6.42. The smallest absolute Gasteiger partial charge is 0.317 e. The van der Waals surface area contributed by atoms with Gasteiger partial charge in [-0.2, -0.15) is 11.3 Å². The highest BCUT2D eigenvalue weighted by atomic mass is 32.1. The van der Waals surface area contributed by atoms with Gasteiger partial charge in [-0.25, -0.2) is 4.79 Å². The van der Waals surface area contributed by atoms with Crippen LogP contribution in [0, 0.1) is 0 Å². The van der Waals surface area contributed by atoms with Gasteiger partial charge in [0, 0.05) is 22.4 Å². The van der Waals surface area contributed by atoms with E-state index in [0.29, 0.717) is 5.56 Å². The lowest BCUT2D eigenvalue weighted by molar-refractivity contribution is 0.100. The summed E-state index contributed by atoms with van der Waals surface area (Å²) in [5.74, 6) is -0.355. The van der Waals surface area contributed by atoms with Crippen LogP contribution in [0.25, 0.3) is 10.4 Å². The molecule has 0 bridgehead atoms. The lowest BCUT2D eigenvalue weighted by atomic mass is 10.1. The highest BCUT2D eigenvalue weighted by molar-refractivity contribution is 7.19. The molecule has 3 aromatic rings. The molecule has 3 amide bonds. The van der Waals surface area contributed by atoms with Crippen molar-refractivity contribution in [2.24, 2.45) is 11.5 Å². The average molecular weight is 429 g/mol. The summed E-state index contributed by atoms with van der Waals surface area (Å²) >= 11 is 3.00. The van der Waals surface area contributed by atoms with E-state index in [1.165, 1.54) is 59.7 Å². The van der Waals surface area contributed by atoms with Crippen LogP contribution in [0.15, 0.2) is 53.2 Å². The molecular weight excluding hydrogens is 404 g/mol. The van der Waals surface area contributed by atoms with Crippen LogP contribution in [0.5, 0.6) is 0 Å². The second-order valence-electron chi connectivity index (χ2n) is 6.71. The van der Waals surface area contributed by atoms with Gasteiger partial charge in [-0.3, -0.25) is 15.0 Å². The van der Waals surface area contributed by atoms with Gasteiger partial charge in [0.15, 0.2) is 0 Å². The van der Waals surface area contributed by atoms with Crippen LogP contribution in [-0.2, 0) is 6.54 Å². The first kappa shape index (κ1) is 21.0. The second kappa shape index (κ2) is 10.2. The van der Waals surface area contributed by atoms with Crippen molar-refractivity contribution in [2.45, 2.75) is 19.4 Å². The van der Waals surface area contributed by atoms with Crippen LogP contribution < -0.4 is 16.8 Å². The summed E-state index contributed by atoms with van der Waals surface area (Å²) in [7, 11) is 0.